The van der Waals surface area contributed by atoms with Gasteiger partial charge < -0.3 is 9.47 Å². The summed E-state index contributed by atoms with van der Waals surface area (Å²) in [6.07, 6.45) is 1.68. The van der Waals surface area contributed by atoms with Gasteiger partial charge in [0.15, 0.2) is 0 Å². The highest BCUT2D eigenvalue weighted by Crippen LogP contribution is 2.35. The zero-order valence-corrected chi connectivity index (χ0v) is 14.4. The first kappa shape index (κ1) is 18.6. The minimum absolute atomic E-state index is 0.0409. The Morgan fingerprint density at radius 1 is 1.43 bits per heavy atom. The van der Waals surface area contributed by atoms with Crippen molar-refractivity contribution >= 4 is 15.9 Å². The van der Waals surface area contributed by atoms with Gasteiger partial charge in [0.2, 0.25) is 15.9 Å². The van der Waals surface area contributed by atoms with E-state index in [9.17, 15) is 13.2 Å². The Balaban J connectivity index is 2.07. The molecule has 0 radical (unpaired) electrons. The van der Waals surface area contributed by atoms with Crippen molar-refractivity contribution < 1.29 is 27.9 Å². The summed E-state index contributed by atoms with van der Waals surface area (Å²) in [6, 6.07) is -0.243. The van der Waals surface area contributed by atoms with E-state index in [1.165, 1.54) is 11.4 Å². The van der Waals surface area contributed by atoms with Gasteiger partial charge in [-0.1, -0.05) is 0 Å². The van der Waals surface area contributed by atoms with E-state index in [0.29, 0.717) is 32.4 Å². The number of hydroxylamine groups is 1. The standard InChI is InChI=1S/C14H26N2O6S/c1-10-9-22-13-7-11(14(17)15-18)3-4-12(13)8-16(10)23(19,20)6-5-21-2/h10-13,18H,3-9H2,1-2H3,(H,15,17)/t10-,11?,12?,13?/m0/s1. The maximum Gasteiger partial charge on any atom is 0.246 e. The summed E-state index contributed by atoms with van der Waals surface area (Å²) in [5.41, 5.74) is 1.70. The first-order chi connectivity index (χ1) is 10.9. The molecule has 1 amide bonds. The van der Waals surface area contributed by atoms with Crippen molar-refractivity contribution in [2.24, 2.45) is 11.8 Å². The predicted octanol–water partition coefficient (Wildman–Crippen LogP) is -0.0264. The summed E-state index contributed by atoms with van der Waals surface area (Å²) in [6.45, 7) is 2.71. The van der Waals surface area contributed by atoms with Gasteiger partial charge in [-0.2, -0.15) is 4.31 Å². The molecule has 1 saturated heterocycles. The van der Waals surface area contributed by atoms with Gasteiger partial charge in [-0.3, -0.25) is 10.0 Å². The van der Waals surface area contributed by atoms with E-state index in [-0.39, 0.29) is 36.3 Å². The van der Waals surface area contributed by atoms with Crippen LogP contribution in [0, 0.1) is 11.8 Å². The van der Waals surface area contributed by atoms with Crippen LogP contribution in [-0.4, -0.2) is 68.6 Å². The second-order valence-electron chi connectivity index (χ2n) is 6.35. The lowest BCUT2D eigenvalue weighted by Gasteiger charge is -2.34. The number of rotatable bonds is 5. The number of nitrogens with one attached hydrogen (secondary N) is 1. The molecule has 0 aromatic carbocycles. The Bertz CT molecular complexity index is 511. The van der Waals surface area contributed by atoms with Gasteiger partial charge >= 0.3 is 0 Å². The van der Waals surface area contributed by atoms with Crippen LogP contribution >= 0.6 is 0 Å². The van der Waals surface area contributed by atoms with Crippen molar-refractivity contribution in [3.63, 3.8) is 0 Å². The van der Waals surface area contributed by atoms with Gasteiger partial charge in [-0.25, -0.2) is 13.9 Å². The van der Waals surface area contributed by atoms with E-state index < -0.39 is 15.9 Å². The summed E-state index contributed by atoms with van der Waals surface area (Å²) in [4.78, 5) is 11.6. The number of sulfonamides is 1. The maximum atomic E-state index is 12.5. The van der Waals surface area contributed by atoms with Crippen LogP contribution in [-0.2, 0) is 24.3 Å². The Morgan fingerprint density at radius 2 is 2.17 bits per heavy atom. The summed E-state index contributed by atoms with van der Waals surface area (Å²) in [7, 11) is -1.91. The minimum atomic E-state index is -3.39. The van der Waals surface area contributed by atoms with E-state index >= 15 is 0 Å². The smallest absolute Gasteiger partial charge is 0.246 e. The molecule has 0 bridgehead atoms. The van der Waals surface area contributed by atoms with Crippen molar-refractivity contribution in [2.75, 3.05) is 32.6 Å². The number of methoxy groups -OCH3 is 1. The van der Waals surface area contributed by atoms with E-state index in [2.05, 4.69) is 0 Å². The Morgan fingerprint density at radius 3 is 2.83 bits per heavy atom. The third-order valence-electron chi connectivity index (χ3n) is 4.77. The summed E-state index contributed by atoms with van der Waals surface area (Å²) in [5.74, 6) is -0.650. The van der Waals surface area contributed by atoms with Crippen LogP contribution in [0.2, 0.25) is 0 Å². The molecule has 0 aromatic heterocycles. The largest absolute Gasteiger partial charge is 0.384 e. The fourth-order valence-corrected chi connectivity index (χ4v) is 5.02. The highest BCUT2D eigenvalue weighted by Gasteiger charge is 2.41. The highest BCUT2D eigenvalue weighted by atomic mass is 32.2. The van der Waals surface area contributed by atoms with Gasteiger partial charge in [0, 0.05) is 25.6 Å². The van der Waals surface area contributed by atoms with Crippen LogP contribution < -0.4 is 5.48 Å². The van der Waals surface area contributed by atoms with Gasteiger partial charge in [-0.15, -0.1) is 0 Å². The summed E-state index contributed by atoms with van der Waals surface area (Å²) >= 11 is 0. The van der Waals surface area contributed by atoms with Crippen LogP contribution in [0.3, 0.4) is 0 Å². The van der Waals surface area contributed by atoms with E-state index in [0.717, 1.165) is 0 Å². The van der Waals surface area contributed by atoms with E-state index in [1.807, 2.05) is 6.92 Å². The average Bonchev–Trinajstić information content (AvgIpc) is 2.71. The quantitative estimate of drug-likeness (QED) is 0.533. The molecule has 3 unspecified atom stereocenters. The molecule has 2 N–H and O–H groups in total. The molecule has 4 atom stereocenters. The third-order valence-corrected chi connectivity index (χ3v) is 6.68. The lowest BCUT2D eigenvalue weighted by Crippen LogP contribution is -2.45. The van der Waals surface area contributed by atoms with E-state index in [1.54, 1.807) is 5.48 Å². The molecule has 2 aliphatic rings. The molecule has 2 fully saturated rings. The lowest BCUT2D eigenvalue weighted by molar-refractivity contribution is -0.137. The van der Waals surface area contributed by atoms with Gasteiger partial charge in [0.25, 0.3) is 0 Å². The zero-order valence-electron chi connectivity index (χ0n) is 13.6. The van der Waals surface area contributed by atoms with Crippen LogP contribution in [0.25, 0.3) is 0 Å². The molecule has 0 spiro atoms. The molecule has 8 nitrogen and oxygen atoms in total. The Hall–Kier alpha value is -0.740. The van der Waals surface area contributed by atoms with Crippen LogP contribution in [0.5, 0.6) is 0 Å². The number of amides is 1. The van der Waals surface area contributed by atoms with Gasteiger partial charge in [0.1, 0.15) is 0 Å². The molecule has 23 heavy (non-hydrogen) atoms. The molecule has 9 heteroatoms. The fraction of sp³-hybridized carbons (Fsp3) is 0.929. The number of hydrogen-bond acceptors (Lipinski definition) is 6. The summed E-state index contributed by atoms with van der Waals surface area (Å²) in [5, 5.41) is 8.77. The highest BCUT2D eigenvalue weighted by molar-refractivity contribution is 7.89. The van der Waals surface area contributed by atoms with Crippen molar-refractivity contribution in [1.29, 1.82) is 0 Å². The summed E-state index contributed by atoms with van der Waals surface area (Å²) < 4.78 is 37.3. The maximum absolute atomic E-state index is 12.5. The molecule has 0 aromatic rings. The second kappa shape index (κ2) is 7.89. The normalized spacial score (nSPS) is 32.8. The lowest BCUT2D eigenvalue weighted by atomic mass is 9.79. The number of hydrogen-bond donors (Lipinski definition) is 2. The predicted molar refractivity (Wildman–Crippen MR) is 82.3 cm³/mol. The Labute approximate surface area is 137 Å². The van der Waals surface area contributed by atoms with Gasteiger partial charge in [0.05, 0.1) is 25.1 Å². The van der Waals surface area contributed by atoms with Crippen molar-refractivity contribution in [2.45, 2.75) is 38.3 Å². The first-order valence-corrected chi connectivity index (χ1v) is 9.54. The van der Waals surface area contributed by atoms with Crippen molar-refractivity contribution in [3.05, 3.63) is 0 Å². The molecule has 1 saturated carbocycles. The zero-order chi connectivity index (χ0) is 17.0. The van der Waals surface area contributed by atoms with Gasteiger partial charge in [-0.05, 0) is 32.1 Å². The molecule has 1 heterocycles. The molecule has 1 aliphatic carbocycles. The number of carbonyl (C=O) groups excluding carboxylic acids is 1. The van der Waals surface area contributed by atoms with Crippen LogP contribution in [0.4, 0.5) is 0 Å². The molecular weight excluding hydrogens is 324 g/mol. The van der Waals surface area contributed by atoms with Crippen molar-refractivity contribution in [3.8, 4) is 0 Å². The molecular formula is C14H26N2O6S. The third kappa shape index (κ3) is 4.42. The number of ether oxygens (including phenoxy) is 2. The average molecular weight is 350 g/mol. The van der Waals surface area contributed by atoms with Crippen molar-refractivity contribution in [1.82, 2.24) is 9.79 Å². The van der Waals surface area contributed by atoms with E-state index in [4.69, 9.17) is 14.7 Å². The van der Waals surface area contributed by atoms with Crippen LogP contribution in [0.1, 0.15) is 26.2 Å². The monoisotopic (exact) mass is 350 g/mol. The van der Waals surface area contributed by atoms with Crippen LogP contribution in [0.15, 0.2) is 0 Å². The minimum Gasteiger partial charge on any atom is -0.384 e. The fourth-order valence-electron chi connectivity index (χ4n) is 3.38. The second-order valence-corrected chi connectivity index (χ2v) is 8.39. The molecule has 134 valence electrons. The number of fused-ring (bicyclic) bond motifs is 1. The number of carbonyl (C=O) groups is 1. The molecule has 1 aliphatic heterocycles. The first-order valence-electron chi connectivity index (χ1n) is 7.93. The topological polar surface area (TPSA) is 105 Å². The number of nitrogens with zero attached hydrogens (tertiary/aromatic N) is 1. The molecule has 2 rings (SSSR count). The SMILES string of the molecule is COCCS(=O)(=O)N1CC2CCC(C(=O)NO)CC2OC[C@@H]1C. The Kier molecular flexibility index (Phi) is 6.38.